The minimum absolute atomic E-state index is 0.185. The summed E-state index contributed by atoms with van der Waals surface area (Å²) in [5.74, 6) is 0.185. The summed E-state index contributed by atoms with van der Waals surface area (Å²) in [5, 5.41) is 0. The molecule has 0 aromatic rings. The van der Waals surface area contributed by atoms with Crippen molar-refractivity contribution in [2.45, 2.75) is 6.42 Å². The van der Waals surface area contributed by atoms with Crippen LogP contribution in [-0.2, 0) is 10.0 Å². The van der Waals surface area contributed by atoms with E-state index in [1.165, 1.54) is 0 Å². The maximum absolute atomic E-state index is 11.2. The van der Waals surface area contributed by atoms with Crippen molar-refractivity contribution in [2.75, 3.05) is 6.54 Å². The molecule has 1 aliphatic heterocycles. The maximum Gasteiger partial charge on any atom is 0.237 e. The van der Waals surface area contributed by atoms with E-state index in [0.717, 1.165) is 6.42 Å². The van der Waals surface area contributed by atoms with Crippen LogP contribution in [0.25, 0.3) is 0 Å². The van der Waals surface area contributed by atoms with Crippen molar-refractivity contribution in [3.8, 4) is 0 Å². The molecule has 1 heterocycles. The average Bonchev–Trinajstić information content (AvgIpc) is 2.29. The lowest BCUT2D eigenvalue weighted by Gasteiger charge is -2.08. The van der Waals surface area contributed by atoms with Crippen molar-refractivity contribution in [3.05, 3.63) is 23.1 Å². The highest BCUT2D eigenvalue weighted by Crippen LogP contribution is 2.28. The molecule has 1 aliphatic carbocycles. The summed E-state index contributed by atoms with van der Waals surface area (Å²) in [6.45, 7) is 0.568. The van der Waals surface area contributed by atoms with Crippen LogP contribution < -0.4 is 4.72 Å². The van der Waals surface area contributed by atoms with Gasteiger partial charge in [0.05, 0.1) is 4.91 Å². The van der Waals surface area contributed by atoms with Gasteiger partial charge in [0.2, 0.25) is 10.0 Å². The predicted molar refractivity (Wildman–Crippen MR) is 42.3 cm³/mol. The molecule has 1 N–H and O–H groups in total. The zero-order valence-corrected chi connectivity index (χ0v) is 6.76. The minimum atomic E-state index is -3.09. The van der Waals surface area contributed by atoms with Crippen molar-refractivity contribution < 1.29 is 8.42 Å². The largest absolute Gasteiger partial charge is 0.237 e. The SMILES string of the molecule is O=S1(=O)NCC2CC=CC=C21. The van der Waals surface area contributed by atoms with E-state index in [2.05, 4.69) is 4.72 Å². The summed E-state index contributed by atoms with van der Waals surface area (Å²) in [7, 11) is -3.09. The van der Waals surface area contributed by atoms with Gasteiger partial charge in [0.1, 0.15) is 0 Å². The van der Waals surface area contributed by atoms with Gasteiger partial charge < -0.3 is 0 Å². The molecule has 0 bridgehead atoms. The van der Waals surface area contributed by atoms with Gasteiger partial charge in [0.15, 0.2) is 0 Å². The lowest BCUT2D eigenvalue weighted by Crippen LogP contribution is -2.14. The van der Waals surface area contributed by atoms with Crippen LogP contribution in [0.3, 0.4) is 0 Å². The van der Waals surface area contributed by atoms with Crippen molar-refractivity contribution in [1.82, 2.24) is 4.72 Å². The highest BCUT2D eigenvalue weighted by Gasteiger charge is 2.33. The summed E-state index contributed by atoms with van der Waals surface area (Å²) < 4.78 is 24.9. The Balaban J connectivity index is 2.49. The highest BCUT2D eigenvalue weighted by atomic mass is 32.2. The molecule has 3 nitrogen and oxygen atoms in total. The van der Waals surface area contributed by atoms with Crippen LogP contribution in [0.2, 0.25) is 0 Å². The van der Waals surface area contributed by atoms with E-state index in [9.17, 15) is 8.42 Å². The Labute approximate surface area is 65.8 Å². The Morgan fingerprint density at radius 1 is 1.55 bits per heavy atom. The van der Waals surface area contributed by atoms with E-state index >= 15 is 0 Å². The van der Waals surface area contributed by atoms with Crippen LogP contribution in [0.1, 0.15) is 6.42 Å². The van der Waals surface area contributed by atoms with Gasteiger partial charge in [-0.2, -0.15) is 0 Å². The first kappa shape index (κ1) is 7.06. The Kier molecular flexibility index (Phi) is 1.40. The smallest absolute Gasteiger partial charge is 0.211 e. The second-order valence-corrected chi connectivity index (χ2v) is 4.55. The second-order valence-electron chi connectivity index (χ2n) is 2.78. The Morgan fingerprint density at radius 2 is 2.36 bits per heavy atom. The Hall–Kier alpha value is -0.610. The number of hydrogen-bond donors (Lipinski definition) is 1. The molecule has 4 heteroatoms. The minimum Gasteiger partial charge on any atom is -0.211 e. The van der Waals surface area contributed by atoms with Crippen molar-refractivity contribution >= 4 is 10.0 Å². The molecule has 1 saturated heterocycles. The third kappa shape index (κ3) is 1.02. The maximum atomic E-state index is 11.2. The summed E-state index contributed by atoms with van der Waals surface area (Å²) in [4.78, 5) is 0.556. The molecule has 0 radical (unpaired) electrons. The molecular formula is C7H9NO2S. The third-order valence-corrected chi connectivity index (χ3v) is 3.69. The van der Waals surface area contributed by atoms with E-state index in [4.69, 9.17) is 0 Å². The summed E-state index contributed by atoms with van der Waals surface area (Å²) in [6, 6.07) is 0. The fraction of sp³-hybridized carbons (Fsp3) is 0.429. The van der Waals surface area contributed by atoms with Gasteiger partial charge in [0, 0.05) is 12.5 Å². The van der Waals surface area contributed by atoms with Crippen LogP contribution in [0.15, 0.2) is 23.1 Å². The quantitative estimate of drug-likeness (QED) is 0.572. The van der Waals surface area contributed by atoms with Crippen LogP contribution in [0.4, 0.5) is 0 Å². The van der Waals surface area contributed by atoms with E-state index in [-0.39, 0.29) is 5.92 Å². The first-order valence-corrected chi connectivity index (χ1v) is 5.05. The monoisotopic (exact) mass is 171 g/mol. The van der Waals surface area contributed by atoms with Gasteiger partial charge in [-0.05, 0) is 12.5 Å². The zero-order valence-electron chi connectivity index (χ0n) is 5.95. The fourth-order valence-electron chi connectivity index (χ4n) is 1.44. The van der Waals surface area contributed by atoms with Gasteiger partial charge in [0.25, 0.3) is 0 Å². The molecule has 0 spiro atoms. The van der Waals surface area contributed by atoms with Gasteiger partial charge in [-0.3, -0.25) is 0 Å². The molecule has 2 rings (SSSR count). The molecule has 1 atom stereocenters. The molecule has 0 aromatic carbocycles. The van der Waals surface area contributed by atoms with Crippen LogP contribution in [0, 0.1) is 5.92 Å². The fourth-order valence-corrected chi connectivity index (χ4v) is 2.91. The number of nitrogens with one attached hydrogen (secondary N) is 1. The summed E-state index contributed by atoms with van der Waals surface area (Å²) in [5.41, 5.74) is 0. The molecule has 0 aromatic heterocycles. The lowest BCUT2D eigenvalue weighted by molar-refractivity contribution is 0.597. The van der Waals surface area contributed by atoms with Gasteiger partial charge in [-0.1, -0.05) is 12.2 Å². The van der Waals surface area contributed by atoms with Gasteiger partial charge in [-0.25, -0.2) is 13.1 Å². The van der Waals surface area contributed by atoms with Crippen molar-refractivity contribution in [2.24, 2.45) is 5.92 Å². The molecular weight excluding hydrogens is 162 g/mol. The normalized spacial score (nSPS) is 33.1. The van der Waals surface area contributed by atoms with E-state index in [1.54, 1.807) is 12.2 Å². The number of fused-ring (bicyclic) bond motifs is 1. The van der Waals surface area contributed by atoms with Crippen LogP contribution in [0.5, 0.6) is 0 Å². The molecule has 11 heavy (non-hydrogen) atoms. The van der Waals surface area contributed by atoms with Crippen molar-refractivity contribution in [3.63, 3.8) is 0 Å². The molecule has 0 amide bonds. The highest BCUT2D eigenvalue weighted by molar-refractivity contribution is 7.93. The number of sulfonamides is 1. The average molecular weight is 171 g/mol. The predicted octanol–water partition coefficient (Wildman–Crippen LogP) is 0.379. The first-order chi connectivity index (χ1) is 5.20. The molecule has 0 saturated carbocycles. The van der Waals surface area contributed by atoms with E-state index in [1.807, 2.05) is 6.08 Å². The topological polar surface area (TPSA) is 46.2 Å². The van der Waals surface area contributed by atoms with Gasteiger partial charge >= 0.3 is 0 Å². The third-order valence-electron chi connectivity index (χ3n) is 2.05. The standard InChI is InChI=1S/C7H9NO2S/c9-11(10)7-4-2-1-3-6(7)5-8-11/h1-2,4,6,8H,3,5H2. The number of hydrogen-bond acceptors (Lipinski definition) is 2. The van der Waals surface area contributed by atoms with E-state index in [0.29, 0.717) is 11.4 Å². The second kappa shape index (κ2) is 2.19. The molecule has 1 fully saturated rings. The Bertz CT molecular complexity index is 326. The molecule has 2 aliphatic rings. The van der Waals surface area contributed by atoms with Crippen LogP contribution in [-0.4, -0.2) is 15.0 Å². The first-order valence-electron chi connectivity index (χ1n) is 3.56. The summed E-state index contributed by atoms with van der Waals surface area (Å²) in [6.07, 6.45) is 6.33. The number of allylic oxidation sites excluding steroid dienone is 3. The molecule has 60 valence electrons. The van der Waals surface area contributed by atoms with Crippen LogP contribution >= 0.6 is 0 Å². The van der Waals surface area contributed by atoms with Crippen molar-refractivity contribution in [1.29, 1.82) is 0 Å². The molecule has 1 unspecified atom stereocenters. The zero-order chi connectivity index (χ0) is 7.90. The lowest BCUT2D eigenvalue weighted by atomic mass is 10.0. The number of rotatable bonds is 0. The van der Waals surface area contributed by atoms with E-state index < -0.39 is 10.0 Å². The Morgan fingerprint density at radius 3 is 3.09 bits per heavy atom. The van der Waals surface area contributed by atoms with Gasteiger partial charge in [-0.15, -0.1) is 0 Å². The summed E-state index contributed by atoms with van der Waals surface area (Å²) >= 11 is 0.